The zero-order chi connectivity index (χ0) is 22.6. The van der Waals surface area contributed by atoms with Crippen molar-refractivity contribution in [2.75, 3.05) is 25.0 Å². The van der Waals surface area contributed by atoms with Gasteiger partial charge in [-0.25, -0.2) is 13.2 Å². The Morgan fingerprint density at radius 1 is 1.10 bits per heavy atom. The standard InChI is InChI=1S/C21H22Cl2N2O5S/c1-2-30-21(27)18-13-16(5-8-19(18)23)24-20(26)14-9-11-25(12-10-14)31(28,29)17-6-3-15(22)4-7-17/h3-8,13-14H,2,9-12H2,1H3,(H,24,26). The molecule has 0 saturated carbocycles. The molecule has 0 unspecified atom stereocenters. The number of piperidine rings is 1. The van der Waals surface area contributed by atoms with Crippen LogP contribution in [0, 0.1) is 5.92 Å². The summed E-state index contributed by atoms with van der Waals surface area (Å²) in [5.41, 5.74) is 0.596. The van der Waals surface area contributed by atoms with Gasteiger partial charge in [0.2, 0.25) is 15.9 Å². The molecule has 1 amide bonds. The average molecular weight is 485 g/mol. The number of amides is 1. The van der Waals surface area contributed by atoms with Crippen molar-refractivity contribution in [1.29, 1.82) is 0 Å². The fraction of sp³-hybridized carbons (Fsp3) is 0.333. The Labute approximate surface area is 191 Å². The molecule has 2 aromatic carbocycles. The summed E-state index contributed by atoms with van der Waals surface area (Å²) in [6.07, 6.45) is 0.772. The van der Waals surface area contributed by atoms with E-state index in [-0.39, 0.29) is 47.0 Å². The summed E-state index contributed by atoms with van der Waals surface area (Å²) in [6.45, 7) is 2.37. The predicted octanol–water partition coefficient (Wildman–Crippen LogP) is 4.21. The van der Waals surface area contributed by atoms with Crippen molar-refractivity contribution in [2.24, 2.45) is 5.92 Å². The van der Waals surface area contributed by atoms with Crippen molar-refractivity contribution >= 4 is 50.8 Å². The molecule has 1 saturated heterocycles. The Bertz CT molecular complexity index is 1070. The molecule has 1 N–H and O–H groups in total. The first-order valence-electron chi connectivity index (χ1n) is 9.75. The first-order chi connectivity index (χ1) is 14.7. The van der Waals surface area contributed by atoms with Gasteiger partial charge in [0.25, 0.3) is 0 Å². The Morgan fingerprint density at radius 3 is 2.35 bits per heavy atom. The van der Waals surface area contributed by atoms with E-state index >= 15 is 0 Å². The molecular formula is C21H22Cl2N2O5S. The zero-order valence-corrected chi connectivity index (χ0v) is 19.1. The van der Waals surface area contributed by atoms with Gasteiger partial charge in [0.1, 0.15) is 0 Å². The van der Waals surface area contributed by atoms with Crippen LogP contribution in [0.15, 0.2) is 47.4 Å². The fourth-order valence-corrected chi connectivity index (χ4v) is 5.12. The van der Waals surface area contributed by atoms with Gasteiger partial charge in [-0.1, -0.05) is 23.2 Å². The van der Waals surface area contributed by atoms with Crippen LogP contribution in [-0.4, -0.2) is 44.3 Å². The predicted molar refractivity (Wildman–Crippen MR) is 119 cm³/mol. The van der Waals surface area contributed by atoms with Crippen LogP contribution in [0.2, 0.25) is 10.0 Å². The van der Waals surface area contributed by atoms with Gasteiger partial charge in [-0.3, -0.25) is 4.79 Å². The van der Waals surface area contributed by atoms with Crippen LogP contribution >= 0.6 is 23.2 Å². The second kappa shape index (κ2) is 9.99. The largest absolute Gasteiger partial charge is 0.462 e. The first kappa shape index (κ1) is 23.5. The fourth-order valence-electron chi connectivity index (χ4n) is 3.33. The molecule has 7 nitrogen and oxygen atoms in total. The number of esters is 1. The third kappa shape index (κ3) is 5.57. The highest BCUT2D eigenvalue weighted by molar-refractivity contribution is 7.89. The number of nitrogens with zero attached hydrogens (tertiary/aromatic N) is 1. The van der Waals surface area contributed by atoms with Crippen LogP contribution in [0.4, 0.5) is 5.69 Å². The van der Waals surface area contributed by atoms with Gasteiger partial charge in [-0.15, -0.1) is 0 Å². The number of hydrogen-bond acceptors (Lipinski definition) is 5. The monoisotopic (exact) mass is 484 g/mol. The minimum absolute atomic E-state index is 0.171. The van der Waals surface area contributed by atoms with E-state index in [1.165, 1.54) is 40.7 Å². The maximum atomic E-state index is 12.8. The second-order valence-corrected chi connectivity index (χ2v) is 9.82. The Kier molecular flexibility index (Phi) is 7.59. The SMILES string of the molecule is CCOC(=O)c1cc(NC(=O)C2CCN(S(=O)(=O)c3ccc(Cl)cc3)CC2)ccc1Cl. The average Bonchev–Trinajstić information content (AvgIpc) is 2.75. The summed E-state index contributed by atoms with van der Waals surface area (Å²) < 4.78 is 31.9. The molecule has 31 heavy (non-hydrogen) atoms. The minimum Gasteiger partial charge on any atom is -0.462 e. The normalized spacial score (nSPS) is 15.5. The quantitative estimate of drug-likeness (QED) is 0.619. The highest BCUT2D eigenvalue weighted by atomic mass is 35.5. The Balaban J connectivity index is 1.62. The van der Waals surface area contributed by atoms with Crippen molar-refractivity contribution < 1.29 is 22.7 Å². The molecule has 0 spiro atoms. The summed E-state index contributed by atoms with van der Waals surface area (Å²) in [4.78, 5) is 24.8. The number of hydrogen-bond donors (Lipinski definition) is 1. The van der Waals surface area contributed by atoms with Gasteiger partial charge >= 0.3 is 5.97 Å². The van der Waals surface area contributed by atoms with Crippen molar-refractivity contribution in [3.63, 3.8) is 0 Å². The van der Waals surface area contributed by atoms with Crippen LogP contribution < -0.4 is 5.32 Å². The number of carbonyl (C=O) groups excluding carboxylic acids is 2. The highest BCUT2D eigenvalue weighted by Gasteiger charge is 2.32. The molecule has 1 heterocycles. The van der Waals surface area contributed by atoms with E-state index in [9.17, 15) is 18.0 Å². The summed E-state index contributed by atoms with van der Waals surface area (Å²) >= 11 is 11.9. The lowest BCUT2D eigenvalue weighted by molar-refractivity contribution is -0.120. The number of anilines is 1. The third-order valence-electron chi connectivity index (χ3n) is 5.01. The van der Waals surface area contributed by atoms with Gasteiger partial charge in [-0.05, 0) is 62.2 Å². The van der Waals surface area contributed by atoms with Crippen LogP contribution in [0.1, 0.15) is 30.1 Å². The Morgan fingerprint density at radius 2 is 1.74 bits per heavy atom. The minimum atomic E-state index is -3.64. The summed E-state index contributed by atoms with van der Waals surface area (Å²) in [6, 6.07) is 10.6. The number of ether oxygens (including phenoxy) is 1. The molecule has 2 aromatic rings. The van der Waals surface area contributed by atoms with Crippen molar-refractivity contribution in [3.05, 3.63) is 58.1 Å². The van der Waals surface area contributed by atoms with E-state index in [4.69, 9.17) is 27.9 Å². The molecule has 0 atom stereocenters. The molecule has 10 heteroatoms. The van der Waals surface area contributed by atoms with Crippen molar-refractivity contribution in [1.82, 2.24) is 4.31 Å². The number of carbonyl (C=O) groups is 2. The van der Waals surface area contributed by atoms with Crippen molar-refractivity contribution in [2.45, 2.75) is 24.7 Å². The maximum Gasteiger partial charge on any atom is 0.339 e. The summed E-state index contributed by atoms with van der Waals surface area (Å²) in [7, 11) is -3.64. The lowest BCUT2D eigenvalue weighted by Gasteiger charge is -2.30. The summed E-state index contributed by atoms with van der Waals surface area (Å²) in [5, 5.41) is 3.47. The molecule has 0 aromatic heterocycles. The molecule has 1 aliphatic rings. The van der Waals surface area contributed by atoms with Gasteiger partial charge < -0.3 is 10.1 Å². The molecule has 1 aliphatic heterocycles. The number of benzene rings is 2. The van der Waals surface area contributed by atoms with E-state index in [0.29, 0.717) is 23.6 Å². The molecule has 1 fully saturated rings. The van der Waals surface area contributed by atoms with Gasteiger partial charge in [-0.2, -0.15) is 4.31 Å². The van der Waals surface area contributed by atoms with Crippen LogP contribution in [0.25, 0.3) is 0 Å². The molecule has 3 rings (SSSR count). The molecule has 0 radical (unpaired) electrons. The number of nitrogens with one attached hydrogen (secondary N) is 1. The summed E-state index contributed by atoms with van der Waals surface area (Å²) in [5.74, 6) is -1.15. The number of rotatable bonds is 6. The first-order valence-corrected chi connectivity index (χ1v) is 11.9. The van der Waals surface area contributed by atoms with E-state index < -0.39 is 16.0 Å². The lowest BCUT2D eigenvalue weighted by Crippen LogP contribution is -2.41. The van der Waals surface area contributed by atoms with Crippen LogP contribution in [0.5, 0.6) is 0 Å². The lowest BCUT2D eigenvalue weighted by atomic mass is 9.97. The van der Waals surface area contributed by atoms with E-state index in [1.54, 1.807) is 13.0 Å². The molecule has 0 aliphatic carbocycles. The van der Waals surface area contributed by atoms with E-state index in [0.717, 1.165) is 0 Å². The number of halogens is 2. The number of sulfonamides is 1. The highest BCUT2D eigenvalue weighted by Crippen LogP contribution is 2.27. The zero-order valence-electron chi connectivity index (χ0n) is 16.8. The van der Waals surface area contributed by atoms with Crippen molar-refractivity contribution in [3.8, 4) is 0 Å². The van der Waals surface area contributed by atoms with E-state index in [2.05, 4.69) is 5.32 Å². The molecule has 0 bridgehead atoms. The molecular weight excluding hydrogens is 463 g/mol. The van der Waals surface area contributed by atoms with Crippen LogP contribution in [0.3, 0.4) is 0 Å². The molecule has 166 valence electrons. The van der Waals surface area contributed by atoms with Crippen LogP contribution in [-0.2, 0) is 19.6 Å². The van der Waals surface area contributed by atoms with Gasteiger partial charge in [0, 0.05) is 29.7 Å². The van der Waals surface area contributed by atoms with Gasteiger partial charge in [0.05, 0.1) is 22.1 Å². The van der Waals surface area contributed by atoms with Gasteiger partial charge in [0.15, 0.2) is 0 Å². The smallest absolute Gasteiger partial charge is 0.339 e. The Hall–Kier alpha value is -2.13. The topological polar surface area (TPSA) is 92.8 Å². The maximum absolute atomic E-state index is 12.8. The van der Waals surface area contributed by atoms with E-state index in [1.807, 2.05) is 0 Å². The second-order valence-electron chi connectivity index (χ2n) is 7.04. The third-order valence-corrected chi connectivity index (χ3v) is 7.50.